The molecule has 8 aromatic rings. The number of anilines is 9. The summed E-state index contributed by atoms with van der Waals surface area (Å²) in [5.74, 6) is 2.86. The highest BCUT2D eigenvalue weighted by Crippen LogP contribution is 2.45. The molecule has 8 heteroatoms. The SMILES string of the molecule is Cc1cc(C)cc(Nc2nc(N(c3ccccc3)c3nc(-c4c(C)cccc4C)cnc3Nc3cc(C)cc(C)c3)c(-c3c(C)cccc3C)nc2Nc2ccccc2)c1. The number of aryl methyl sites for hydroxylation is 8. The Hall–Kier alpha value is -7.32. The van der Waals surface area contributed by atoms with E-state index in [0.717, 1.165) is 84.1 Å². The molecule has 0 saturated heterocycles. The molecule has 8 nitrogen and oxygen atoms in total. The predicted octanol–water partition coefficient (Wildman–Crippen LogP) is 13.8. The fourth-order valence-electron chi connectivity index (χ4n) is 8.02. The molecule has 2 heterocycles. The van der Waals surface area contributed by atoms with Gasteiger partial charge < -0.3 is 16.0 Å². The maximum atomic E-state index is 5.64. The Morgan fingerprint density at radius 2 is 0.867 bits per heavy atom. The highest BCUT2D eigenvalue weighted by Gasteiger charge is 2.29. The van der Waals surface area contributed by atoms with Crippen LogP contribution in [0.15, 0.2) is 140 Å². The first-order chi connectivity index (χ1) is 29.0. The van der Waals surface area contributed by atoms with E-state index in [1.807, 2.05) is 54.7 Å². The minimum absolute atomic E-state index is 0.553. The smallest absolute Gasteiger partial charge is 0.183 e. The lowest BCUT2D eigenvalue weighted by Gasteiger charge is -2.29. The molecule has 60 heavy (non-hydrogen) atoms. The van der Waals surface area contributed by atoms with E-state index in [4.69, 9.17) is 19.9 Å². The van der Waals surface area contributed by atoms with Gasteiger partial charge in [0.15, 0.2) is 29.1 Å². The third kappa shape index (κ3) is 8.45. The van der Waals surface area contributed by atoms with Crippen molar-refractivity contribution in [2.24, 2.45) is 0 Å². The number of nitrogens with zero attached hydrogens (tertiary/aromatic N) is 5. The Morgan fingerprint density at radius 1 is 0.400 bits per heavy atom. The van der Waals surface area contributed by atoms with Crippen LogP contribution in [0.25, 0.3) is 22.5 Å². The van der Waals surface area contributed by atoms with E-state index in [2.05, 4.69) is 161 Å². The van der Waals surface area contributed by atoms with Gasteiger partial charge in [-0.1, -0.05) is 84.9 Å². The Kier molecular flexibility index (Phi) is 11.1. The quantitative estimate of drug-likeness (QED) is 0.119. The summed E-state index contributed by atoms with van der Waals surface area (Å²) in [6.07, 6.45) is 1.87. The fraction of sp³-hybridized carbons (Fsp3) is 0.154. The summed E-state index contributed by atoms with van der Waals surface area (Å²) >= 11 is 0. The van der Waals surface area contributed by atoms with Gasteiger partial charge in [-0.3, -0.25) is 4.90 Å². The second kappa shape index (κ2) is 16.9. The van der Waals surface area contributed by atoms with E-state index in [1.165, 1.54) is 0 Å². The summed E-state index contributed by atoms with van der Waals surface area (Å²) in [5.41, 5.74) is 16.0. The van der Waals surface area contributed by atoms with E-state index in [9.17, 15) is 0 Å². The van der Waals surface area contributed by atoms with Crippen LogP contribution in [0.3, 0.4) is 0 Å². The van der Waals surface area contributed by atoms with Crippen LogP contribution in [-0.4, -0.2) is 19.9 Å². The topological polar surface area (TPSA) is 90.9 Å². The van der Waals surface area contributed by atoms with Crippen LogP contribution < -0.4 is 20.9 Å². The lowest BCUT2D eigenvalue weighted by Crippen LogP contribution is -2.19. The molecule has 0 saturated carbocycles. The summed E-state index contributed by atoms with van der Waals surface area (Å²) in [4.78, 5) is 24.1. The van der Waals surface area contributed by atoms with Gasteiger partial charge in [-0.15, -0.1) is 0 Å². The van der Waals surface area contributed by atoms with Crippen molar-refractivity contribution < 1.29 is 0 Å². The number of hydrogen-bond acceptors (Lipinski definition) is 8. The first-order valence-electron chi connectivity index (χ1n) is 20.3. The molecular formula is C52H50N8. The minimum atomic E-state index is 0.553. The number of benzene rings is 6. The molecule has 0 aliphatic rings. The molecule has 8 rings (SSSR count). The Balaban J connectivity index is 1.47. The molecule has 2 aromatic heterocycles. The van der Waals surface area contributed by atoms with Crippen LogP contribution in [0, 0.1) is 55.4 Å². The van der Waals surface area contributed by atoms with Crippen LogP contribution >= 0.6 is 0 Å². The van der Waals surface area contributed by atoms with E-state index in [-0.39, 0.29) is 0 Å². The van der Waals surface area contributed by atoms with Gasteiger partial charge in [0, 0.05) is 33.9 Å². The van der Waals surface area contributed by atoms with Crippen LogP contribution in [0.5, 0.6) is 0 Å². The number of nitrogens with one attached hydrogen (secondary N) is 3. The number of aromatic nitrogens is 4. The Bertz CT molecular complexity index is 2750. The molecule has 298 valence electrons. The van der Waals surface area contributed by atoms with Crippen molar-refractivity contribution >= 4 is 51.8 Å². The highest BCUT2D eigenvalue weighted by molar-refractivity contribution is 5.92. The maximum Gasteiger partial charge on any atom is 0.183 e. The van der Waals surface area contributed by atoms with Crippen molar-refractivity contribution in [3.05, 3.63) is 184 Å². The zero-order valence-corrected chi connectivity index (χ0v) is 35.5. The molecule has 3 N–H and O–H groups in total. The molecule has 0 spiro atoms. The zero-order chi connectivity index (χ0) is 41.9. The second-order valence-corrected chi connectivity index (χ2v) is 15.7. The number of hydrogen-bond donors (Lipinski definition) is 3. The predicted molar refractivity (Wildman–Crippen MR) is 250 cm³/mol. The highest BCUT2D eigenvalue weighted by atomic mass is 15.3. The molecule has 0 amide bonds. The van der Waals surface area contributed by atoms with Gasteiger partial charge in [-0.25, -0.2) is 19.9 Å². The summed E-state index contributed by atoms with van der Waals surface area (Å²) in [6, 6.07) is 45.8. The van der Waals surface area contributed by atoms with Gasteiger partial charge in [0.25, 0.3) is 0 Å². The van der Waals surface area contributed by atoms with E-state index < -0.39 is 0 Å². The van der Waals surface area contributed by atoms with Crippen LogP contribution in [0.1, 0.15) is 44.5 Å². The molecule has 0 aliphatic carbocycles. The minimum Gasteiger partial charge on any atom is -0.337 e. The molecule has 0 atom stereocenters. The van der Waals surface area contributed by atoms with Gasteiger partial charge >= 0.3 is 0 Å². The number of para-hydroxylation sites is 2. The monoisotopic (exact) mass is 786 g/mol. The van der Waals surface area contributed by atoms with E-state index in [1.54, 1.807) is 0 Å². The average Bonchev–Trinajstić information content (AvgIpc) is 3.20. The molecular weight excluding hydrogens is 737 g/mol. The Morgan fingerprint density at radius 3 is 1.42 bits per heavy atom. The van der Waals surface area contributed by atoms with Gasteiger partial charge in [0.2, 0.25) is 0 Å². The average molecular weight is 787 g/mol. The molecule has 0 bridgehead atoms. The van der Waals surface area contributed by atoms with Gasteiger partial charge in [-0.05, 0) is 148 Å². The Labute approximate surface area is 353 Å². The van der Waals surface area contributed by atoms with Crippen molar-refractivity contribution in [1.82, 2.24) is 19.9 Å². The lowest BCUT2D eigenvalue weighted by atomic mass is 9.99. The molecule has 0 aliphatic heterocycles. The summed E-state index contributed by atoms with van der Waals surface area (Å²) in [5, 5.41) is 11.0. The third-order valence-corrected chi connectivity index (χ3v) is 10.5. The molecule has 0 unspecified atom stereocenters. The van der Waals surface area contributed by atoms with Gasteiger partial charge in [0.1, 0.15) is 5.69 Å². The third-order valence-electron chi connectivity index (χ3n) is 10.5. The fourth-order valence-corrected chi connectivity index (χ4v) is 8.02. The normalized spacial score (nSPS) is 11.0. The summed E-state index contributed by atoms with van der Waals surface area (Å²) in [7, 11) is 0. The van der Waals surface area contributed by atoms with Crippen LogP contribution in [-0.2, 0) is 0 Å². The van der Waals surface area contributed by atoms with E-state index in [0.29, 0.717) is 34.8 Å². The van der Waals surface area contributed by atoms with Crippen LogP contribution in [0.4, 0.5) is 51.8 Å². The first-order valence-corrected chi connectivity index (χ1v) is 20.3. The zero-order valence-electron chi connectivity index (χ0n) is 35.5. The molecule has 0 radical (unpaired) electrons. The van der Waals surface area contributed by atoms with Gasteiger partial charge in [0.05, 0.1) is 11.9 Å². The van der Waals surface area contributed by atoms with Crippen LogP contribution in [0.2, 0.25) is 0 Å². The van der Waals surface area contributed by atoms with Crippen molar-refractivity contribution in [2.75, 3.05) is 20.9 Å². The van der Waals surface area contributed by atoms with Gasteiger partial charge in [-0.2, -0.15) is 0 Å². The van der Waals surface area contributed by atoms with Crippen molar-refractivity contribution in [2.45, 2.75) is 55.4 Å². The summed E-state index contributed by atoms with van der Waals surface area (Å²) in [6.45, 7) is 16.9. The second-order valence-electron chi connectivity index (χ2n) is 15.7. The maximum absolute atomic E-state index is 5.64. The van der Waals surface area contributed by atoms with E-state index >= 15 is 0 Å². The molecule has 6 aromatic carbocycles. The largest absolute Gasteiger partial charge is 0.337 e. The lowest BCUT2D eigenvalue weighted by molar-refractivity contribution is 1.07. The number of rotatable bonds is 11. The first kappa shape index (κ1) is 39.5. The van der Waals surface area contributed by atoms with Crippen molar-refractivity contribution in [3.63, 3.8) is 0 Å². The standard InChI is InChI=1S/C52H50N8/c1-32-25-33(2)28-41(27-32)55-49-48(54-40-21-11-9-12-22-40)58-47(46-38(7)19-16-20-39(46)8)51(59-49)60(43-23-13-10-14-24-43)52-50(56-42-29-34(3)26-35(4)30-42)53-31-44(57-52)45-36(5)17-15-18-37(45)6/h9-31H,1-8H3,(H,53,56)(H,54,58)(H,55,59). The molecule has 0 fully saturated rings. The van der Waals surface area contributed by atoms with Crippen molar-refractivity contribution in [1.29, 1.82) is 0 Å². The van der Waals surface area contributed by atoms with Crippen molar-refractivity contribution in [3.8, 4) is 22.5 Å². The summed E-state index contributed by atoms with van der Waals surface area (Å²) < 4.78 is 0.